The van der Waals surface area contributed by atoms with Crippen molar-refractivity contribution in [3.05, 3.63) is 212 Å². The molecular formula is C55H35N5S. The van der Waals surface area contributed by atoms with Crippen LogP contribution in [0, 0.1) is 0 Å². The van der Waals surface area contributed by atoms with Gasteiger partial charge in [0.25, 0.3) is 0 Å². The van der Waals surface area contributed by atoms with Gasteiger partial charge in [0.1, 0.15) is 0 Å². The highest BCUT2D eigenvalue weighted by Gasteiger charge is 2.17. The summed E-state index contributed by atoms with van der Waals surface area (Å²) >= 11 is 1.84. The highest BCUT2D eigenvalue weighted by molar-refractivity contribution is 7.26. The number of hydrogen-bond donors (Lipinski definition) is 0. The standard InChI is InChI=1S/C55H35N5S/c1-5-15-38(16-6-1)47-35-48(39-17-7-2-8-18-39)57-52(56-47)42-33-29-37(30-34-42)45-24-13-25-46-50-44(23-14-26-49(50)61-51(45)46)36-27-31-43(32-28-36)55-59-53(40-19-9-3-10-20-40)58-54(60-55)41-21-11-4-12-22-41/h1-35H. The van der Waals surface area contributed by atoms with E-state index in [0.717, 1.165) is 55.9 Å². The van der Waals surface area contributed by atoms with Crippen molar-refractivity contribution in [3.63, 3.8) is 0 Å². The van der Waals surface area contributed by atoms with Gasteiger partial charge in [-0.1, -0.05) is 200 Å². The molecule has 5 nitrogen and oxygen atoms in total. The first-order valence-electron chi connectivity index (χ1n) is 20.2. The van der Waals surface area contributed by atoms with Crippen LogP contribution in [0.2, 0.25) is 0 Å². The molecular weight excluding hydrogens is 763 g/mol. The van der Waals surface area contributed by atoms with Gasteiger partial charge < -0.3 is 0 Å². The number of aromatic nitrogens is 5. The number of nitrogens with zero attached hydrogens (tertiary/aromatic N) is 5. The Bertz CT molecular complexity index is 3200. The van der Waals surface area contributed by atoms with Crippen LogP contribution in [0.4, 0.5) is 0 Å². The van der Waals surface area contributed by atoms with Gasteiger partial charge in [0.2, 0.25) is 0 Å². The zero-order valence-corrected chi connectivity index (χ0v) is 33.7. The van der Waals surface area contributed by atoms with E-state index in [9.17, 15) is 0 Å². The Balaban J connectivity index is 0.944. The molecule has 286 valence electrons. The Morgan fingerprint density at radius 3 is 1.15 bits per heavy atom. The van der Waals surface area contributed by atoms with Crippen LogP contribution >= 0.6 is 11.3 Å². The molecule has 0 spiro atoms. The van der Waals surface area contributed by atoms with E-state index in [1.165, 1.54) is 31.3 Å². The largest absolute Gasteiger partial charge is 0.228 e. The zero-order chi connectivity index (χ0) is 40.5. The second-order valence-corrected chi connectivity index (χ2v) is 15.9. The predicted octanol–water partition coefficient (Wildman–Crippen LogP) is 14.4. The van der Waals surface area contributed by atoms with E-state index in [2.05, 4.69) is 115 Å². The van der Waals surface area contributed by atoms with E-state index in [-0.39, 0.29) is 0 Å². The first-order valence-corrected chi connectivity index (χ1v) is 21.1. The van der Waals surface area contributed by atoms with Crippen molar-refractivity contribution in [3.8, 4) is 90.3 Å². The predicted molar refractivity (Wildman–Crippen MR) is 252 cm³/mol. The van der Waals surface area contributed by atoms with E-state index in [1.54, 1.807) is 0 Å². The molecule has 11 aromatic rings. The quantitative estimate of drug-likeness (QED) is 0.153. The summed E-state index contributed by atoms with van der Waals surface area (Å²) in [7, 11) is 0. The monoisotopic (exact) mass is 797 g/mol. The van der Waals surface area contributed by atoms with Crippen molar-refractivity contribution in [2.24, 2.45) is 0 Å². The van der Waals surface area contributed by atoms with Gasteiger partial charge in [-0.05, 0) is 34.4 Å². The van der Waals surface area contributed by atoms with Crippen molar-refractivity contribution in [1.29, 1.82) is 0 Å². The molecule has 0 aliphatic rings. The lowest BCUT2D eigenvalue weighted by Crippen LogP contribution is -2.00. The van der Waals surface area contributed by atoms with Crippen LogP contribution in [0.1, 0.15) is 0 Å². The van der Waals surface area contributed by atoms with Crippen LogP contribution in [0.3, 0.4) is 0 Å². The minimum atomic E-state index is 0.640. The van der Waals surface area contributed by atoms with E-state index < -0.39 is 0 Å². The SMILES string of the molecule is c1ccc(-c2cc(-c3ccccc3)nc(-c3ccc(-c4cccc5c4sc4cccc(-c6ccc(-c7nc(-c8ccccc8)nc(-c8ccccc8)n7)cc6)c45)cc3)n2)cc1. The first kappa shape index (κ1) is 36.2. The molecule has 0 aliphatic heterocycles. The summed E-state index contributed by atoms with van der Waals surface area (Å²) in [6.07, 6.45) is 0. The van der Waals surface area contributed by atoms with E-state index in [4.69, 9.17) is 24.9 Å². The van der Waals surface area contributed by atoms with Crippen molar-refractivity contribution >= 4 is 31.5 Å². The Hall–Kier alpha value is -7.93. The highest BCUT2D eigenvalue weighted by Crippen LogP contribution is 2.44. The third kappa shape index (κ3) is 7.05. The summed E-state index contributed by atoms with van der Waals surface area (Å²) in [6.45, 7) is 0. The molecule has 6 heteroatoms. The summed E-state index contributed by atoms with van der Waals surface area (Å²) in [5.74, 6) is 2.64. The molecule has 0 fully saturated rings. The normalized spacial score (nSPS) is 11.3. The van der Waals surface area contributed by atoms with Gasteiger partial charge in [-0.15, -0.1) is 11.3 Å². The third-order valence-corrected chi connectivity index (χ3v) is 12.2. The molecule has 0 atom stereocenters. The fraction of sp³-hybridized carbons (Fsp3) is 0. The minimum absolute atomic E-state index is 0.640. The zero-order valence-electron chi connectivity index (χ0n) is 32.9. The van der Waals surface area contributed by atoms with E-state index >= 15 is 0 Å². The molecule has 0 saturated carbocycles. The van der Waals surface area contributed by atoms with Gasteiger partial charge in [0.05, 0.1) is 11.4 Å². The summed E-state index contributed by atoms with van der Waals surface area (Å²) in [5.41, 5.74) is 12.4. The van der Waals surface area contributed by atoms with Crippen molar-refractivity contribution < 1.29 is 0 Å². The maximum absolute atomic E-state index is 5.06. The van der Waals surface area contributed by atoms with Gasteiger partial charge >= 0.3 is 0 Å². The van der Waals surface area contributed by atoms with Crippen molar-refractivity contribution in [2.75, 3.05) is 0 Å². The molecule has 0 radical (unpaired) electrons. The smallest absolute Gasteiger partial charge is 0.164 e. The molecule has 8 aromatic carbocycles. The maximum Gasteiger partial charge on any atom is 0.164 e. The van der Waals surface area contributed by atoms with Crippen molar-refractivity contribution in [1.82, 2.24) is 24.9 Å². The van der Waals surface area contributed by atoms with Gasteiger partial charge in [-0.25, -0.2) is 24.9 Å². The number of fused-ring (bicyclic) bond motifs is 3. The van der Waals surface area contributed by atoms with Crippen LogP contribution in [-0.2, 0) is 0 Å². The average molecular weight is 798 g/mol. The Kier molecular flexibility index (Phi) is 9.30. The Morgan fingerprint density at radius 1 is 0.279 bits per heavy atom. The fourth-order valence-electron chi connectivity index (χ4n) is 7.94. The van der Waals surface area contributed by atoms with Crippen LogP contribution in [0.15, 0.2) is 212 Å². The lowest BCUT2D eigenvalue weighted by atomic mass is 9.96. The average Bonchev–Trinajstić information content (AvgIpc) is 3.74. The van der Waals surface area contributed by atoms with Gasteiger partial charge in [0.15, 0.2) is 23.3 Å². The van der Waals surface area contributed by atoms with Crippen LogP contribution in [-0.4, -0.2) is 24.9 Å². The summed E-state index contributed by atoms with van der Waals surface area (Å²) < 4.78 is 2.51. The fourth-order valence-corrected chi connectivity index (χ4v) is 9.21. The summed E-state index contributed by atoms with van der Waals surface area (Å²) in [4.78, 5) is 24.9. The van der Waals surface area contributed by atoms with Crippen molar-refractivity contribution in [2.45, 2.75) is 0 Å². The van der Waals surface area contributed by atoms with Gasteiger partial charge in [-0.3, -0.25) is 0 Å². The Morgan fingerprint density at radius 2 is 0.656 bits per heavy atom. The molecule has 61 heavy (non-hydrogen) atoms. The van der Waals surface area contributed by atoms with Crippen LogP contribution in [0.5, 0.6) is 0 Å². The van der Waals surface area contributed by atoms with E-state index in [0.29, 0.717) is 23.3 Å². The number of thiophene rings is 1. The van der Waals surface area contributed by atoms with Crippen LogP contribution in [0.25, 0.3) is 110 Å². The third-order valence-electron chi connectivity index (χ3n) is 11.0. The lowest BCUT2D eigenvalue weighted by Gasteiger charge is -2.10. The molecule has 0 unspecified atom stereocenters. The molecule has 0 N–H and O–H groups in total. The summed E-state index contributed by atoms with van der Waals surface area (Å²) in [6, 6.07) is 73.4. The lowest BCUT2D eigenvalue weighted by molar-refractivity contribution is 1.07. The molecule has 0 amide bonds. The highest BCUT2D eigenvalue weighted by atomic mass is 32.1. The molecule has 0 saturated heterocycles. The molecule has 0 bridgehead atoms. The van der Waals surface area contributed by atoms with Gasteiger partial charge in [0, 0.05) is 53.6 Å². The summed E-state index contributed by atoms with van der Waals surface area (Å²) in [5, 5.41) is 2.50. The van der Waals surface area contributed by atoms with Crippen LogP contribution < -0.4 is 0 Å². The molecule has 11 rings (SSSR count). The van der Waals surface area contributed by atoms with Gasteiger partial charge in [-0.2, -0.15) is 0 Å². The number of hydrogen-bond acceptors (Lipinski definition) is 6. The number of benzene rings is 8. The molecule has 3 aromatic heterocycles. The first-order chi connectivity index (χ1) is 30.2. The van der Waals surface area contributed by atoms with E-state index in [1.807, 2.05) is 108 Å². The minimum Gasteiger partial charge on any atom is -0.228 e. The molecule has 0 aliphatic carbocycles. The topological polar surface area (TPSA) is 64.5 Å². The maximum atomic E-state index is 5.06. The molecule has 3 heterocycles. The second-order valence-electron chi connectivity index (χ2n) is 14.9. The Labute approximate surface area is 357 Å². The second kappa shape index (κ2) is 15.7. The number of rotatable bonds is 8.